The van der Waals surface area contributed by atoms with E-state index in [1.54, 1.807) is 0 Å². The van der Waals surface area contributed by atoms with E-state index < -0.39 is 0 Å². The minimum absolute atomic E-state index is 0.767. The molecule has 1 aliphatic rings. The standard InChI is InChI=1S/C8H11NO/c1-6-4-7-2-3-10-5-8(7)9-6/h4,9H,2-3,5H2,1H3. The molecule has 0 aliphatic carbocycles. The average molecular weight is 137 g/mol. The maximum atomic E-state index is 5.28. The Bertz CT molecular complexity index is 216. The van der Waals surface area contributed by atoms with Gasteiger partial charge in [-0.05, 0) is 25.0 Å². The van der Waals surface area contributed by atoms with Crippen LogP contribution in [0.1, 0.15) is 17.0 Å². The van der Waals surface area contributed by atoms with Crippen LogP contribution in [0.15, 0.2) is 6.07 Å². The summed E-state index contributed by atoms with van der Waals surface area (Å²) in [5.74, 6) is 0. The first-order valence-corrected chi connectivity index (χ1v) is 3.61. The normalized spacial score (nSPS) is 16.9. The Morgan fingerprint density at radius 1 is 1.60 bits per heavy atom. The largest absolute Gasteiger partial charge is 0.375 e. The zero-order valence-electron chi connectivity index (χ0n) is 6.11. The van der Waals surface area contributed by atoms with E-state index in [0.717, 1.165) is 19.6 Å². The highest BCUT2D eigenvalue weighted by molar-refractivity contribution is 5.26. The molecular weight excluding hydrogens is 126 g/mol. The molecule has 0 atom stereocenters. The lowest BCUT2D eigenvalue weighted by atomic mass is 10.1. The maximum Gasteiger partial charge on any atom is 0.0868 e. The zero-order chi connectivity index (χ0) is 6.97. The molecule has 1 aromatic heterocycles. The summed E-state index contributed by atoms with van der Waals surface area (Å²) in [6.07, 6.45) is 1.07. The van der Waals surface area contributed by atoms with Gasteiger partial charge in [-0.25, -0.2) is 0 Å². The van der Waals surface area contributed by atoms with E-state index >= 15 is 0 Å². The van der Waals surface area contributed by atoms with E-state index in [9.17, 15) is 0 Å². The van der Waals surface area contributed by atoms with E-state index in [4.69, 9.17) is 4.74 Å². The Morgan fingerprint density at radius 3 is 3.30 bits per heavy atom. The van der Waals surface area contributed by atoms with Gasteiger partial charge in [0.25, 0.3) is 0 Å². The maximum absolute atomic E-state index is 5.28. The van der Waals surface area contributed by atoms with Gasteiger partial charge in [0, 0.05) is 11.4 Å². The van der Waals surface area contributed by atoms with Crippen molar-refractivity contribution >= 4 is 0 Å². The molecule has 0 unspecified atom stereocenters. The highest BCUT2D eigenvalue weighted by atomic mass is 16.5. The summed E-state index contributed by atoms with van der Waals surface area (Å²) in [5, 5.41) is 0. The number of hydrogen-bond acceptors (Lipinski definition) is 1. The van der Waals surface area contributed by atoms with Crippen LogP contribution >= 0.6 is 0 Å². The first-order chi connectivity index (χ1) is 4.86. The fourth-order valence-corrected chi connectivity index (χ4v) is 1.41. The monoisotopic (exact) mass is 137 g/mol. The second-order valence-electron chi connectivity index (χ2n) is 2.76. The molecule has 0 amide bonds. The summed E-state index contributed by atoms with van der Waals surface area (Å²) < 4.78 is 5.28. The first kappa shape index (κ1) is 5.98. The molecule has 0 saturated heterocycles. The quantitative estimate of drug-likeness (QED) is 0.574. The van der Waals surface area contributed by atoms with Crippen molar-refractivity contribution in [3.63, 3.8) is 0 Å². The summed E-state index contributed by atoms with van der Waals surface area (Å²) in [6, 6.07) is 2.21. The van der Waals surface area contributed by atoms with Crippen molar-refractivity contribution in [1.29, 1.82) is 0 Å². The van der Waals surface area contributed by atoms with Crippen LogP contribution in [0.25, 0.3) is 0 Å². The highest BCUT2D eigenvalue weighted by Gasteiger charge is 2.10. The van der Waals surface area contributed by atoms with Gasteiger partial charge in [0.15, 0.2) is 0 Å². The molecule has 0 aromatic carbocycles. The molecule has 1 aliphatic heterocycles. The Labute approximate surface area is 60.2 Å². The van der Waals surface area contributed by atoms with Gasteiger partial charge in [-0.1, -0.05) is 0 Å². The predicted octanol–water partition coefficient (Wildman–Crippen LogP) is 1.40. The Hall–Kier alpha value is -0.760. The molecule has 2 heteroatoms. The molecule has 0 fully saturated rings. The Morgan fingerprint density at radius 2 is 2.50 bits per heavy atom. The molecule has 1 aromatic rings. The van der Waals surface area contributed by atoms with Crippen molar-refractivity contribution in [2.24, 2.45) is 0 Å². The van der Waals surface area contributed by atoms with E-state index in [0.29, 0.717) is 0 Å². The molecule has 2 nitrogen and oxygen atoms in total. The van der Waals surface area contributed by atoms with Crippen LogP contribution in [-0.2, 0) is 17.8 Å². The van der Waals surface area contributed by atoms with Crippen molar-refractivity contribution in [3.05, 3.63) is 23.0 Å². The number of aromatic amines is 1. The Kier molecular flexibility index (Phi) is 1.27. The topological polar surface area (TPSA) is 25.0 Å². The van der Waals surface area contributed by atoms with Crippen molar-refractivity contribution < 1.29 is 4.74 Å². The lowest BCUT2D eigenvalue weighted by molar-refractivity contribution is 0.108. The fourth-order valence-electron chi connectivity index (χ4n) is 1.41. The summed E-state index contributed by atoms with van der Waals surface area (Å²) >= 11 is 0. The molecule has 54 valence electrons. The fraction of sp³-hybridized carbons (Fsp3) is 0.500. The number of aryl methyl sites for hydroxylation is 1. The van der Waals surface area contributed by atoms with Crippen molar-refractivity contribution in [2.75, 3.05) is 6.61 Å². The average Bonchev–Trinajstić information content (AvgIpc) is 2.27. The van der Waals surface area contributed by atoms with Crippen LogP contribution in [0.5, 0.6) is 0 Å². The zero-order valence-corrected chi connectivity index (χ0v) is 6.11. The van der Waals surface area contributed by atoms with Gasteiger partial charge in [0.1, 0.15) is 0 Å². The number of ether oxygens (including phenoxy) is 1. The third-order valence-electron chi connectivity index (χ3n) is 1.89. The molecule has 0 bridgehead atoms. The van der Waals surface area contributed by atoms with Crippen molar-refractivity contribution in [3.8, 4) is 0 Å². The molecule has 0 saturated carbocycles. The third-order valence-corrected chi connectivity index (χ3v) is 1.89. The molecule has 2 rings (SSSR count). The summed E-state index contributed by atoms with van der Waals surface area (Å²) in [4.78, 5) is 3.27. The molecule has 0 radical (unpaired) electrons. The number of fused-ring (bicyclic) bond motifs is 1. The van der Waals surface area contributed by atoms with Crippen LogP contribution in [0.3, 0.4) is 0 Å². The lowest BCUT2D eigenvalue weighted by Gasteiger charge is -2.10. The number of nitrogens with one attached hydrogen (secondary N) is 1. The number of hydrogen-bond donors (Lipinski definition) is 1. The van der Waals surface area contributed by atoms with Gasteiger partial charge >= 0.3 is 0 Å². The molecule has 0 spiro atoms. The summed E-state index contributed by atoms with van der Waals surface area (Å²) in [6.45, 7) is 3.73. The van der Waals surface area contributed by atoms with Crippen molar-refractivity contribution in [2.45, 2.75) is 20.0 Å². The predicted molar refractivity (Wildman–Crippen MR) is 38.9 cm³/mol. The third kappa shape index (κ3) is 0.847. The number of aromatic nitrogens is 1. The Balaban J connectivity index is 2.41. The minimum atomic E-state index is 0.767. The van der Waals surface area contributed by atoms with Crippen LogP contribution in [0.2, 0.25) is 0 Å². The second-order valence-corrected chi connectivity index (χ2v) is 2.76. The smallest absolute Gasteiger partial charge is 0.0868 e. The molecule has 1 N–H and O–H groups in total. The van der Waals surface area contributed by atoms with E-state index in [-0.39, 0.29) is 0 Å². The SMILES string of the molecule is Cc1cc2c([nH]1)COCC2. The van der Waals surface area contributed by atoms with Crippen molar-refractivity contribution in [1.82, 2.24) is 4.98 Å². The van der Waals surface area contributed by atoms with Crippen LogP contribution in [0.4, 0.5) is 0 Å². The highest BCUT2D eigenvalue weighted by Crippen LogP contribution is 2.16. The van der Waals surface area contributed by atoms with Crippen LogP contribution < -0.4 is 0 Å². The minimum Gasteiger partial charge on any atom is -0.375 e. The van der Waals surface area contributed by atoms with E-state index in [1.165, 1.54) is 17.0 Å². The number of H-pyrrole nitrogens is 1. The van der Waals surface area contributed by atoms with Gasteiger partial charge in [-0.3, -0.25) is 0 Å². The van der Waals surface area contributed by atoms with Gasteiger partial charge in [-0.15, -0.1) is 0 Å². The van der Waals surface area contributed by atoms with Crippen LogP contribution in [-0.4, -0.2) is 11.6 Å². The van der Waals surface area contributed by atoms with Gasteiger partial charge in [0.05, 0.1) is 13.2 Å². The number of rotatable bonds is 0. The van der Waals surface area contributed by atoms with E-state index in [1.807, 2.05) is 0 Å². The van der Waals surface area contributed by atoms with Crippen LogP contribution in [0, 0.1) is 6.92 Å². The van der Waals surface area contributed by atoms with Gasteiger partial charge in [0.2, 0.25) is 0 Å². The molecular formula is C8H11NO. The second kappa shape index (κ2) is 2.13. The summed E-state index contributed by atoms with van der Waals surface area (Å²) in [5.41, 5.74) is 3.95. The van der Waals surface area contributed by atoms with Gasteiger partial charge in [-0.2, -0.15) is 0 Å². The molecule has 10 heavy (non-hydrogen) atoms. The van der Waals surface area contributed by atoms with E-state index in [2.05, 4.69) is 18.0 Å². The lowest BCUT2D eigenvalue weighted by Crippen LogP contribution is -2.07. The summed E-state index contributed by atoms with van der Waals surface area (Å²) in [7, 11) is 0. The first-order valence-electron chi connectivity index (χ1n) is 3.61. The molecule has 2 heterocycles. The van der Waals surface area contributed by atoms with Gasteiger partial charge < -0.3 is 9.72 Å².